The second-order valence-electron chi connectivity index (χ2n) is 6.98. The molecule has 1 aliphatic rings. The highest BCUT2D eigenvalue weighted by atomic mass is 32.2. The minimum atomic E-state index is -0.432. The van der Waals surface area contributed by atoms with Crippen molar-refractivity contribution >= 4 is 45.2 Å². The number of aromatic nitrogens is 2. The number of hydrogen-bond donors (Lipinski definition) is 1. The number of nitrogens with zero attached hydrogens (tertiary/aromatic N) is 2. The van der Waals surface area contributed by atoms with Crippen LogP contribution in [0, 0.1) is 0 Å². The maximum Gasteiger partial charge on any atom is 0.325 e. The van der Waals surface area contributed by atoms with E-state index in [2.05, 4.69) is 5.32 Å². The first kappa shape index (κ1) is 20.8. The fraction of sp³-hybridized carbons (Fsp3) is 0.364. The van der Waals surface area contributed by atoms with Gasteiger partial charge in [-0.1, -0.05) is 42.1 Å². The minimum absolute atomic E-state index is 0.116. The average molecular weight is 442 g/mol. The highest BCUT2D eigenvalue weighted by Crippen LogP contribution is 2.40. The van der Waals surface area contributed by atoms with Gasteiger partial charge in [0.05, 0.1) is 12.4 Å². The zero-order valence-corrected chi connectivity index (χ0v) is 18.4. The SMILES string of the molecule is CCOC(=O)CNC(=O)CSc1nc(-c2ccccc2)nc2sc3c(c12)CCCC3. The molecule has 30 heavy (non-hydrogen) atoms. The van der Waals surface area contributed by atoms with Crippen LogP contribution in [-0.2, 0) is 27.2 Å². The molecule has 2 aromatic heterocycles. The number of benzene rings is 1. The van der Waals surface area contributed by atoms with Gasteiger partial charge in [-0.15, -0.1) is 11.3 Å². The third-order valence-corrected chi connectivity index (χ3v) is 7.05. The first-order valence-electron chi connectivity index (χ1n) is 10.1. The molecule has 0 saturated heterocycles. The summed E-state index contributed by atoms with van der Waals surface area (Å²) in [4.78, 5) is 35.8. The molecule has 1 amide bonds. The summed E-state index contributed by atoms with van der Waals surface area (Å²) in [5.74, 6) is 0.213. The van der Waals surface area contributed by atoms with Gasteiger partial charge in [0.25, 0.3) is 0 Å². The molecule has 0 bridgehead atoms. The Hall–Kier alpha value is -2.45. The predicted octanol–water partition coefficient (Wildman–Crippen LogP) is 4.01. The van der Waals surface area contributed by atoms with E-state index in [1.807, 2.05) is 30.3 Å². The van der Waals surface area contributed by atoms with E-state index in [1.165, 1.54) is 35.0 Å². The van der Waals surface area contributed by atoms with E-state index < -0.39 is 5.97 Å². The van der Waals surface area contributed by atoms with Gasteiger partial charge in [0.1, 0.15) is 16.4 Å². The summed E-state index contributed by atoms with van der Waals surface area (Å²) in [5, 5.41) is 4.55. The van der Waals surface area contributed by atoms with E-state index >= 15 is 0 Å². The topological polar surface area (TPSA) is 81.2 Å². The lowest BCUT2D eigenvalue weighted by Gasteiger charge is -2.12. The summed E-state index contributed by atoms with van der Waals surface area (Å²) >= 11 is 3.15. The number of esters is 1. The largest absolute Gasteiger partial charge is 0.465 e. The molecule has 2 heterocycles. The molecule has 0 atom stereocenters. The standard InChI is InChI=1S/C22H23N3O3S2/c1-2-28-18(27)12-23-17(26)13-29-21-19-15-10-6-7-11-16(15)30-22(19)25-20(24-21)14-8-4-3-5-9-14/h3-5,8-9H,2,6-7,10-13H2,1H3,(H,23,26). The number of thiophene rings is 1. The minimum Gasteiger partial charge on any atom is -0.465 e. The van der Waals surface area contributed by atoms with E-state index in [-0.39, 0.29) is 18.2 Å². The van der Waals surface area contributed by atoms with Crippen molar-refractivity contribution in [3.8, 4) is 11.4 Å². The molecule has 1 N–H and O–H groups in total. The number of amides is 1. The second-order valence-corrected chi connectivity index (χ2v) is 9.03. The summed E-state index contributed by atoms with van der Waals surface area (Å²) in [5.41, 5.74) is 2.30. The second kappa shape index (κ2) is 9.57. The van der Waals surface area contributed by atoms with Crippen molar-refractivity contribution in [3.05, 3.63) is 40.8 Å². The number of nitrogens with one attached hydrogen (secondary N) is 1. The van der Waals surface area contributed by atoms with Crippen molar-refractivity contribution in [3.63, 3.8) is 0 Å². The van der Waals surface area contributed by atoms with Gasteiger partial charge in [0.2, 0.25) is 5.91 Å². The molecule has 0 spiro atoms. The molecule has 156 valence electrons. The number of aryl methyl sites for hydroxylation is 2. The van der Waals surface area contributed by atoms with Crippen LogP contribution in [0.3, 0.4) is 0 Å². The normalized spacial score (nSPS) is 13.1. The average Bonchev–Trinajstić information content (AvgIpc) is 3.15. The third kappa shape index (κ3) is 4.65. The molecule has 0 aliphatic heterocycles. The molecule has 8 heteroatoms. The van der Waals surface area contributed by atoms with Crippen molar-refractivity contribution < 1.29 is 14.3 Å². The molecule has 1 aliphatic carbocycles. The van der Waals surface area contributed by atoms with Gasteiger partial charge in [-0.05, 0) is 38.2 Å². The van der Waals surface area contributed by atoms with Gasteiger partial charge in [0.15, 0.2) is 5.82 Å². The van der Waals surface area contributed by atoms with Gasteiger partial charge in [-0.25, -0.2) is 9.97 Å². The summed E-state index contributed by atoms with van der Waals surface area (Å²) in [6.45, 7) is 1.92. The van der Waals surface area contributed by atoms with Crippen LogP contribution in [0.1, 0.15) is 30.2 Å². The number of hydrogen-bond acceptors (Lipinski definition) is 7. The van der Waals surface area contributed by atoms with Gasteiger partial charge in [-0.2, -0.15) is 0 Å². The Morgan fingerprint density at radius 1 is 1.17 bits per heavy atom. The fourth-order valence-electron chi connectivity index (χ4n) is 3.51. The van der Waals surface area contributed by atoms with Gasteiger partial charge >= 0.3 is 5.97 Å². The van der Waals surface area contributed by atoms with Crippen molar-refractivity contribution in [1.82, 2.24) is 15.3 Å². The van der Waals surface area contributed by atoms with E-state index in [1.54, 1.807) is 18.3 Å². The summed E-state index contributed by atoms with van der Waals surface area (Å²) in [7, 11) is 0. The van der Waals surface area contributed by atoms with Crippen LogP contribution >= 0.6 is 23.1 Å². The molecule has 6 nitrogen and oxygen atoms in total. The summed E-state index contributed by atoms with van der Waals surface area (Å²) < 4.78 is 4.85. The highest BCUT2D eigenvalue weighted by molar-refractivity contribution is 8.00. The van der Waals surface area contributed by atoms with Crippen molar-refractivity contribution in [1.29, 1.82) is 0 Å². The number of fused-ring (bicyclic) bond motifs is 3. The smallest absolute Gasteiger partial charge is 0.325 e. The first-order valence-corrected chi connectivity index (χ1v) is 11.9. The van der Waals surface area contributed by atoms with Crippen LogP contribution in [0.25, 0.3) is 21.6 Å². The van der Waals surface area contributed by atoms with Crippen LogP contribution in [0.2, 0.25) is 0 Å². The monoisotopic (exact) mass is 441 g/mol. The summed E-state index contributed by atoms with van der Waals surface area (Å²) in [6.07, 6.45) is 4.49. The third-order valence-electron chi connectivity index (χ3n) is 4.89. The van der Waals surface area contributed by atoms with Crippen LogP contribution in [0.15, 0.2) is 35.4 Å². The first-order chi connectivity index (χ1) is 14.7. The van der Waals surface area contributed by atoms with Crippen molar-refractivity contribution in [2.75, 3.05) is 18.9 Å². The zero-order chi connectivity index (χ0) is 20.9. The number of rotatable bonds is 7. The number of thioether (sulfide) groups is 1. The van der Waals surface area contributed by atoms with Crippen molar-refractivity contribution in [2.45, 2.75) is 37.6 Å². The molecule has 0 fully saturated rings. The van der Waals surface area contributed by atoms with Crippen LogP contribution in [-0.4, -0.2) is 40.7 Å². The predicted molar refractivity (Wildman–Crippen MR) is 120 cm³/mol. The Kier molecular flexibility index (Phi) is 6.64. The number of carbonyl (C=O) groups excluding carboxylic acids is 2. The molecular weight excluding hydrogens is 418 g/mol. The molecule has 0 radical (unpaired) electrons. The lowest BCUT2D eigenvalue weighted by atomic mass is 9.97. The maximum atomic E-state index is 12.3. The highest BCUT2D eigenvalue weighted by Gasteiger charge is 2.22. The van der Waals surface area contributed by atoms with Crippen LogP contribution in [0.4, 0.5) is 0 Å². The van der Waals surface area contributed by atoms with Crippen molar-refractivity contribution in [2.24, 2.45) is 0 Å². The lowest BCUT2D eigenvalue weighted by Crippen LogP contribution is -2.31. The zero-order valence-electron chi connectivity index (χ0n) is 16.8. The fourth-order valence-corrected chi connectivity index (χ4v) is 5.72. The van der Waals surface area contributed by atoms with E-state index in [9.17, 15) is 9.59 Å². The maximum absolute atomic E-state index is 12.3. The van der Waals surface area contributed by atoms with Gasteiger partial charge in [0, 0.05) is 15.8 Å². The van der Waals surface area contributed by atoms with Crippen LogP contribution in [0.5, 0.6) is 0 Å². The lowest BCUT2D eigenvalue weighted by molar-refractivity contribution is -0.143. The Bertz CT molecular complexity index is 1070. The van der Waals surface area contributed by atoms with E-state index in [0.717, 1.165) is 33.6 Å². The molecule has 0 unspecified atom stereocenters. The van der Waals surface area contributed by atoms with E-state index in [0.29, 0.717) is 12.4 Å². The summed E-state index contributed by atoms with van der Waals surface area (Å²) in [6, 6.07) is 9.90. The van der Waals surface area contributed by atoms with Crippen LogP contribution < -0.4 is 5.32 Å². The Balaban J connectivity index is 1.61. The Morgan fingerprint density at radius 3 is 2.77 bits per heavy atom. The van der Waals surface area contributed by atoms with E-state index in [4.69, 9.17) is 14.7 Å². The molecule has 4 rings (SSSR count). The number of carbonyl (C=O) groups is 2. The molecule has 3 aromatic rings. The quantitative estimate of drug-likeness (QED) is 0.339. The molecule has 0 saturated carbocycles. The Labute approximate surface area is 183 Å². The molecule has 1 aromatic carbocycles. The molecular formula is C22H23N3O3S2. The number of ether oxygens (including phenoxy) is 1. The van der Waals surface area contributed by atoms with Gasteiger partial charge in [-0.3, -0.25) is 9.59 Å². The Morgan fingerprint density at radius 2 is 1.97 bits per heavy atom. The van der Waals surface area contributed by atoms with Gasteiger partial charge < -0.3 is 10.1 Å².